The van der Waals surface area contributed by atoms with E-state index in [1.807, 2.05) is 108 Å². The minimum Gasteiger partial charge on any atom is -0.446 e. The van der Waals surface area contributed by atoms with Crippen LogP contribution in [0.3, 0.4) is 0 Å². The molecule has 3 amide bonds. The van der Waals surface area contributed by atoms with E-state index in [0.29, 0.717) is 25.1 Å². The van der Waals surface area contributed by atoms with Gasteiger partial charge in [-0.25, -0.2) is 4.79 Å². The van der Waals surface area contributed by atoms with E-state index >= 15 is 0 Å². The molecule has 8 heteroatoms. The number of carbonyl (C=O) groups is 3. The molecule has 2 rings (SSSR count). The monoisotopic (exact) mass is 819 g/mol. The van der Waals surface area contributed by atoms with E-state index in [1.165, 1.54) is 61.8 Å². The van der Waals surface area contributed by atoms with Gasteiger partial charge in [0, 0.05) is 25.2 Å². The van der Waals surface area contributed by atoms with E-state index in [4.69, 9.17) is 4.74 Å². The van der Waals surface area contributed by atoms with Crippen LogP contribution in [-0.2, 0) is 9.53 Å². The number of nitrogens with one attached hydrogen (secondary N) is 1. The third-order valence-electron chi connectivity index (χ3n) is 9.47. The predicted molar refractivity (Wildman–Crippen MR) is 254 cm³/mol. The Kier molecular flexibility index (Phi) is 40.8. The zero-order valence-corrected chi connectivity index (χ0v) is 39.2. The highest BCUT2D eigenvalue weighted by atomic mass is 16.6. The summed E-state index contributed by atoms with van der Waals surface area (Å²) in [6.07, 6.45) is 25.8. The maximum Gasteiger partial charge on any atom is 0.407 e. The minimum absolute atomic E-state index is 0.109. The fraction of sp³-hybridized carbons (Fsp3) is 0.588. The van der Waals surface area contributed by atoms with E-state index in [2.05, 4.69) is 61.1 Å². The molecule has 0 aliphatic carbocycles. The second-order valence-electron chi connectivity index (χ2n) is 14.4. The zero-order chi connectivity index (χ0) is 44.4. The highest BCUT2D eigenvalue weighted by Crippen LogP contribution is 2.12. The smallest absolute Gasteiger partial charge is 0.407 e. The number of hydrogen-bond acceptors (Lipinski definition) is 6. The van der Waals surface area contributed by atoms with Crippen LogP contribution in [-0.4, -0.2) is 92.1 Å². The Morgan fingerprint density at radius 3 is 1.75 bits per heavy atom. The fourth-order valence-electron chi connectivity index (χ4n) is 5.97. The van der Waals surface area contributed by atoms with Crippen molar-refractivity contribution in [2.24, 2.45) is 0 Å². The van der Waals surface area contributed by atoms with Gasteiger partial charge in [0.2, 0.25) is 6.41 Å². The largest absolute Gasteiger partial charge is 0.446 e. The molecule has 0 aliphatic rings. The van der Waals surface area contributed by atoms with Gasteiger partial charge in [0.05, 0.1) is 0 Å². The van der Waals surface area contributed by atoms with Gasteiger partial charge in [0.15, 0.2) is 0 Å². The van der Waals surface area contributed by atoms with E-state index in [0.717, 1.165) is 64.0 Å². The summed E-state index contributed by atoms with van der Waals surface area (Å²) in [4.78, 5) is 42.3. The molecular weight excluding hydrogens is 733 g/mol. The van der Waals surface area contributed by atoms with Crippen LogP contribution in [0.5, 0.6) is 0 Å². The molecule has 0 saturated carbocycles. The number of unbranched alkanes of at least 4 members (excludes halogenated alkanes) is 8. The third kappa shape index (κ3) is 33.5. The van der Waals surface area contributed by atoms with Crippen molar-refractivity contribution in [3.63, 3.8) is 0 Å². The summed E-state index contributed by atoms with van der Waals surface area (Å²) < 4.78 is 5.51. The lowest BCUT2D eigenvalue weighted by molar-refractivity contribution is -0.116. The second kappa shape index (κ2) is 42.1. The quantitative estimate of drug-likeness (QED) is 0.0523. The van der Waals surface area contributed by atoms with Crippen molar-refractivity contribution in [1.82, 2.24) is 20.0 Å². The molecule has 0 radical (unpaired) electrons. The first kappa shape index (κ1) is 57.1. The molecule has 0 bridgehead atoms. The standard InChI is InChI=1S/C40H66N4O4.C7H8.2C2H6/c1-6-8-9-10-13-16-21-29-41-40(47)48-37(4)28-34-43(7-2)32-23-18-15-12-11-14-17-22-30-42(5)31-24-25-33-44(35-45)39(46)38-27-20-19-26-36(38)3;1-7-5-3-2-4-6-7;2*1-2/h8-10,13,16,19-21,26-27,35,37H,6-7,11-12,14-15,17-18,22-25,28-34H2,1-5H3,(H,41,47);2-6H,1H3;2*1-2H3/b9-8-,13-10-,21-16+;;;. The van der Waals surface area contributed by atoms with Crippen LogP contribution in [0.1, 0.15) is 147 Å². The lowest BCUT2D eigenvalue weighted by Gasteiger charge is -2.22. The van der Waals surface area contributed by atoms with Gasteiger partial charge in [-0.15, -0.1) is 0 Å². The topological polar surface area (TPSA) is 82.2 Å². The minimum atomic E-state index is -0.360. The lowest BCUT2D eigenvalue weighted by Crippen LogP contribution is -2.31. The number of nitrogens with zero attached hydrogens (tertiary/aromatic N) is 3. The number of carbonyl (C=O) groups excluding carboxylic acids is 3. The molecule has 1 unspecified atom stereocenters. The number of alkyl carbamates (subject to hydrolysis) is 1. The second-order valence-corrected chi connectivity index (χ2v) is 14.4. The number of benzene rings is 2. The van der Waals surface area contributed by atoms with Crippen LogP contribution in [0.15, 0.2) is 91.1 Å². The van der Waals surface area contributed by atoms with Crippen molar-refractivity contribution < 1.29 is 19.1 Å². The SMILES string of the molecule is CC.CC.CC\C=C/C=C\C=C\CNC(=O)OC(C)CCN(CC)CCCCCCCCCCN(C)CCCCN(C=O)C(=O)c1ccccc1C.Cc1ccccc1. The van der Waals surface area contributed by atoms with Crippen molar-refractivity contribution in [1.29, 1.82) is 0 Å². The molecule has 0 fully saturated rings. The van der Waals surface area contributed by atoms with Gasteiger partial charge in [-0.3, -0.25) is 14.5 Å². The Balaban J connectivity index is 0. The van der Waals surface area contributed by atoms with Gasteiger partial charge >= 0.3 is 6.09 Å². The van der Waals surface area contributed by atoms with Crippen LogP contribution < -0.4 is 5.32 Å². The summed E-state index contributed by atoms with van der Waals surface area (Å²) in [6, 6.07) is 17.7. The molecule has 0 heterocycles. The molecule has 2 aromatic carbocycles. The van der Waals surface area contributed by atoms with Crippen molar-refractivity contribution in [2.75, 3.05) is 52.9 Å². The predicted octanol–water partition coefficient (Wildman–Crippen LogP) is 12.4. The van der Waals surface area contributed by atoms with Gasteiger partial charge in [0.1, 0.15) is 6.10 Å². The highest BCUT2D eigenvalue weighted by Gasteiger charge is 2.16. The van der Waals surface area contributed by atoms with E-state index in [9.17, 15) is 14.4 Å². The molecule has 334 valence electrons. The Bertz CT molecular complexity index is 1360. The molecule has 8 nitrogen and oxygen atoms in total. The lowest BCUT2D eigenvalue weighted by atomic mass is 10.1. The Morgan fingerprint density at radius 2 is 1.20 bits per heavy atom. The first-order valence-electron chi connectivity index (χ1n) is 22.9. The van der Waals surface area contributed by atoms with E-state index < -0.39 is 0 Å². The number of hydrogen-bond donors (Lipinski definition) is 1. The average molecular weight is 819 g/mol. The summed E-state index contributed by atoms with van der Waals surface area (Å²) in [5.41, 5.74) is 2.81. The number of rotatable bonds is 28. The number of allylic oxidation sites excluding steroid dienone is 5. The van der Waals surface area contributed by atoms with Crippen molar-refractivity contribution in [3.8, 4) is 0 Å². The summed E-state index contributed by atoms with van der Waals surface area (Å²) >= 11 is 0. The van der Waals surface area contributed by atoms with Crippen LogP contribution in [0.25, 0.3) is 0 Å². The molecule has 0 aliphatic heterocycles. The van der Waals surface area contributed by atoms with E-state index in [1.54, 1.807) is 6.07 Å². The fourth-order valence-corrected chi connectivity index (χ4v) is 5.97. The van der Waals surface area contributed by atoms with Crippen LogP contribution >= 0.6 is 0 Å². The first-order valence-corrected chi connectivity index (χ1v) is 22.9. The number of imide groups is 1. The molecule has 1 N–H and O–H groups in total. The van der Waals surface area contributed by atoms with Crippen molar-refractivity contribution in [3.05, 3.63) is 108 Å². The maximum absolute atomic E-state index is 12.7. The molecule has 2 aromatic rings. The Morgan fingerprint density at radius 1 is 0.678 bits per heavy atom. The molecular formula is C51H86N4O4. The number of amides is 3. The summed E-state index contributed by atoms with van der Waals surface area (Å²) in [6.45, 7) is 24.3. The van der Waals surface area contributed by atoms with Crippen LogP contribution in [0.2, 0.25) is 0 Å². The molecule has 0 spiro atoms. The average Bonchev–Trinajstić information content (AvgIpc) is 3.25. The van der Waals surface area contributed by atoms with Gasteiger partial charge < -0.3 is 19.9 Å². The highest BCUT2D eigenvalue weighted by molar-refractivity contribution is 6.00. The van der Waals surface area contributed by atoms with Gasteiger partial charge in [-0.2, -0.15) is 0 Å². The van der Waals surface area contributed by atoms with Gasteiger partial charge in [-0.05, 0) is 104 Å². The van der Waals surface area contributed by atoms with Crippen LogP contribution in [0.4, 0.5) is 4.79 Å². The van der Waals surface area contributed by atoms with Gasteiger partial charge in [-0.1, -0.05) is 171 Å². The van der Waals surface area contributed by atoms with Crippen LogP contribution in [0, 0.1) is 13.8 Å². The zero-order valence-electron chi connectivity index (χ0n) is 39.2. The molecule has 0 saturated heterocycles. The summed E-state index contributed by atoms with van der Waals surface area (Å²) in [7, 11) is 2.16. The maximum atomic E-state index is 12.7. The molecule has 59 heavy (non-hydrogen) atoms. The van der Waals surface area contributed by atoms with Crippen molar-refractivity contribution >= 4 is 18.4 Å². The van der Waals surface area contributed by atoms with Crippen molar-refractivity contribution in [2.45, 2.75) is 145 Å². The Labute approximate surface area is 362 Å². The number of ether oxygens (including phenoxy) is 1. The normalized spacial score (nSPS) is 11.4. The molecule has 1 atom stereocenters. The molecule has 0 aromatic heterocycles. The third-order valence-corrected chi connectivity index (χ3v) is 9.47. The number of aryl methyl sites for hydroxylation is 2. The van der Waals surface area contributed by atoms with E-state index in [-0.39, 0.29) is 18.1 Å². The Hall–Kier alpha value is -4.01. The summed E-state index contributed by atoms with van der Waals surface area (Å²) in [5.74, 6) is -0.210. The summed E-state index contributed by atoms with van der Waals surface area (Å²) in [5, 5.41) is 2.78. The van der Waals surface area contributed by atoms with Gasteiger partial charge in [0.25, 0.3) is 5.91 Å². The first-order chi connectivity index (χ1) is 28.7.